The molecule has 2 rings (SSSR count). The smallest absolute Gasteiger partial charge is 0.241 e. The normalized spacial score (nSPS) is 23.0. The Kier molecular flexibility index (Phi) is 4.94. The van der Waals surface area contributed by atoms with Crippen LogP contribution in [0.5, 0.6) is 5.75 Å². The van der Waals surface area contributed by atoms with Crippen LogP contribution >= 0.6 is 0 Å². The fourth-order valence-electron chi connectivity index (χ4n) is 3.04. The Morgan fingerprint density at radius 2 is 1.81 bits per heavy atom. The largest absolute Gasteiger partial charge is 0.496 e. The fourth-order valence-corrected chi connectivity index (χ4v) is 4.72. The van der Waals surface area contributed by atoms with Gasteiger partial charge >= 0.3 is 0 Å². The lowest BCUT2D eigenvalue weighted by molar-refractivity contribution is 0.310. The summed E-state index contributed by atoms with van der Waals surface area (Å²) in [5, 5.41) is 0. The Hall–Kier alpha value is -1.07. The molecule has 0 bridgehead atoms. The second-order valence-electron chi connectivity index (χ2n) is 6.01. The maximum atomic E-state index is 12.7. The minimum Gasteiger partial charge on any atom is -0.496 e. The van der Waals surface area contributed by atoms with Gasteiger partial charge in [0.05, 0.1) is 12.0 Å². The third-order valence-corrected chi connectivity index (χ3v) is 6.25. The molecule has 1 aromatic carbocycles. The molecule has 0 heterocycles. The minimum absolute atomic E-state index is 0.0468. The highest BCUT2D eigenvalue weighted by atomic mass is 32.2. The van der Waals surface area contributed by atoms with Crippen molar-refractivity contribution >= 4 is 10.0 Å². The number of sulfonamides is 1. The van der Waals surface area contributed by atoms with E-state index in [-0.39, 0.29) is 6.04 Å². The molecule has 5 heteroatoms. The number of hydrogen-bond donors (Lipinski definition) is 1. The molecule has 118 valence electrons. The monoisotopic (exact) mass is 311 g/mol. The third-order valence-electron chi connectivity index (χ3n) is 4.62. The molecule has 1 N–H and O–H groups in total. The van der Waals surface area contributed by atoms with Crippen molar-refractivity contribution in [3.8, 4) is 5.75 Å². The quantitative estimate of drug-likeness (QED) is 0.929. The van der Waals surface area contributed by atoms with E-state index in [0.29, 0.717) is 10.8 Å². The zero-order chi connectivity index (χ0) is 15.6. The van der Waals surface area contributed by atoms with Gasteiger partial charge in [-0.2, -0.15) is 0 Å². The Morgan fingerprint density at radius 3 is 2.43 bits per heavy atom. The van der Waals surface area contributed by atoms with Crippen molar-refractivity contribution in [2.75, 3.05) is 7.11 Å². The van der Waals surface area contributed by atoms with Crippen LogP contribution in [-0.4, -0.2) is 21.6 Å². The second kappa shape index (κ2) is 6.36. The first-order valence-corrected chi connectivity index (χ1v) is 9.01. The van der Waals surface area contributed by atoms with Crippen molar-refractivity contribution in [1.82, 2.24) is 4.72 Å². The first-order chi connectivity index (χ1) is 9.86. The van der Waals surface area contributed by atoms with Crippen molar-refractivity contribution in [2.24, 2.45) is 5.92 Å². The van der Waals surface area contributed by atoms with E-state index in [0.717, 1.165) is 36.1 Å². The van der Waals surface area contributed by atoms with Crippen molar-refractivity contribution < 1.29 is 13.2 Å². The molecule has 1 saturated carbocycles. The molecular weight excluding hydrogens is 286 g/mol. The molecule has 1 aliphatic rings. The van der Waals surface area contributed by atoms with Gasteiger partial charge in [0.1, 0.15) is 5.75 Å². The van der Waals surface area contributed by atoms with Crippen LogP contribution < -0.4 is 9.46 Å². The van der Waals surface area contributed by atoms with Gasteiger partial charge in [-0.15, -0.1) is 0 Å². The maximum Gasteiger partial charge on any atom is 0.241 e. The molecule has 0 aliphatic heterocycles. The zero-order valence-electron chi connectivity index (χ0n) is 13.3. The number of rotatable bonds is 4. The molecule has 21 heavy (non-hydrogen) atoms. The van der Waals surface area contributed by atoms with E-state index in [1.54, 1.807) is 19.2 Å². The van der Waals surface area contributed by atoms with Crippen molar-refractivity contribution in [3.63, 3.8) is 0 Å². The summed E-state index contributed by atoms with van der Waals surface area (Å²) in [6.45, 7) is 5.84. The van der Waals surface area contributed by atoms with E-state index < -0.39 is 10.0 Å². The number of hydrogen-bond acceptors (Lipinski definition) is 3. The van der Waals surface area contributed by atoms with Gasteiger partial charge in [-0.3, -0.25) is 0 Å². The lowest BCUT2D eigenvalue weighted by Crippen LogP contribution is -2.41. The molecule has 0 spiro atoms. The molecule has 0 saturated heterocycles. The maximum absolute atomic E-state index is 12.7. The van der Waals surface area contributed by atoms with Crippen LogP contribution in [-0.2, 0) is 10.0 Å². The van der Waals surface area contributed by atoms with Gasteiger partial charge in [-0.25, -0.2) is 13.1 Å². The van der Waals surface area contributed by atoms with Crippen LogP contribution in [0.2, 0.25) is 0 Å². The molecule has 0 radical (unpaired) electrons. The summed E-state index contributed by atoms with van der Waals surface area (Å²) in [5.74, 6) is 1.12. The SMILES string of the molecule is COc1ccc(S(=O)(=O)NC2CCCCC2C)c(C)c1C. The number of ether oxygens (including phenoxy) is 1. The minimum atomic E-state index is -3.48. The number of nitrogens with one attached hydrogen (secondary N) is 1. The number of benzene rings is 1. The van der Waals surface area contributed by atoms with Gasteiger partial charge in [0.15, 0.2) is 0 Å². The van der Waals surface area contributed by atoms with Gasteiger partial charge in [-0.05, 0) is 55.9 Å². The summed E-state index contributed by atoms with van der Waals surface area (Å²) in [5.41, 5.74) is 1.63. The average molecular weight is 311 g/mol. The Bertz CT molecular complexity index is 610. The molecule has 2 atom stereocenters. The summed E-state index contributed by atoms with van der Waals surface area (Å²) >= 11 is 0. The van der Waals surface area contributed by atoms with Gasteiger partial charge in [-0.1, -0.05) is 19.8 Å². The van der Waals surface area contributed by atoms with E-state index in [1.165, 1.54) is 6.42 Å². The van der Waals surface area contributed by atoms with E-state index in [2.05, 4.69) is 11.6 Å². The summed E-state index contributed by atoms with van der Waals surface area (Å²) in [7, 11) is -1.88. The Balaban J connectivity index is 2.29. The van der Waals surface area contributed by atoms with Crippen molar-refractivity contribution in [3.05, 3.63) is 23.3 Å². The molecule has 0 amide bonds. The molecular formula is C16H25NO3S. The van der Waals surface area contributed by atoms with Gasteiger partial charge in [0.2, 0.25) is 10.0 Å². The first-order valence-electron chi connectivity index (χ1n) is 7.53. The zero-order valence-corrected chi connectivity index (χ0v) is 14.1. The third kappa shape index (κ3) is 3.40. The molecule has 4 nitrogen and oxygen atoms in total. The highest BCUT2D eigenvalue weighted by Crippen LogP contribution is 2.29. The standard InChI is InChI=1S/C16H25NO3S/c1-11-7-5-6-8-14(11)17-21(18,19)16-10-9-15(20-4)12(2)13(16)3/h9-11,14,17H,5-8H2,1-4H3. The van der Waals surface area contributed by atoms with Crippen molar-refractivity contribution in [2.45, 2.75) is 57.4 Å². The summed E-state index contributed by atoms with van der Waals surface area (Å²) in [4.78, 5) is 0.360. The van der Waals surface area contributed by atoms with Gasteiger partial charge in [0.25, 0.3) is 0 Å². The molecule has 1 fully saturated rings. The van der Waals surface area contributed by atoms with E-state index in [9.17, 15) is 8.42 Å². The van der Waals surface area contributed by atoms with Crippen LogP contribution in [0, 0.1) is 19.8 Å². The predicted octanol–water partition coefficient (Wildman–Crippen LogP) is 3.17. The number of methoxy groups -OCH3 is 1. The van der Waals surface area contributed by atoms with Crippen LogP contribution in [0.1, 0.15) is 43.7 Å². The Morgan fingerprint density at radius 1 is 1.14 bits per heavy atom. The molecule has 0 aromatic heterocycles. The van der Waals surface area contributed by atoms with E-state index in [1.807, 2.05) is 13.8 Å². The van der Waals surface area contributed by atoms with Crippen LogP contribution in [0.4, 0.5) is 0 Å². The summed E-state index contributed by atoms with van der Waals surface area (Å²) in [6, 6.07) is 3.41. The lowest BCUT2D eigenvalue weighted by Gasteiger charge is -2.29. The highest BCUT2D eigenvalue weighted by Gasteiger charge is 2.28. The topological polar surface area (TPSA) is 55.4 Å². The van der Waals surface area contributed by atoms with E-state index in [4.69, 9.17) is 4.74 Å². The molecule has 1 aromatic rings. The van der Waals surface area contributed by atoms with Gasteiger partial charge < -0.3 is 4.74 Å². The molecule has 2 unspecified atom stereocenters. The predicted molar refractivity (Wildman–Crippen MR) is 84.2 cm³/mol. The van der Waals surface area contributed by atoms with Crippen LogP contribution in [0.15, 0.2) is 17.0 Å². The second-order valence-corrected chi connectivity index (χ2v) is 7.69. The van der Waals surface area contributed by atoms with Crippen molar-refractivity contribution in [1.29, 1.82) is 0 Å². The van der Waals surface area contributed by atoms with Gasteiger partial charge in [0, 0.05) is 6.04 Å². The van der Waals surface area contributed by atoms with Crippen LogP contribution in [0.25, 0.3) is 0 Å². The fraction of sp³-hybridized carbons (Fsp3) is 0.625. The first kappa shape index (κ1) is 16.3. The summed E-state index contributed by atoms with van der Waals surface area (Å²) < 4.78 is 33.5. The van der Waals surface area contributed by atoms with Crippen LogP contribution in [0.3, 0.4) is 0 Å². The molecule has 1 aliphatic carbocycles. The Labute approximate surface area is 127 Å². The summed E-state index contributed by atoms with van der Waals surface area (Å²) in [6.07, 6.45) is 4.31. The van der Waals surface area contributed by atoms with E-state index >= 15 is 0 Å². The highest BCUT2D eigenvalue weighted by molar-refractivity contribution is 7.89. The lowest BCUT2D eigenvalue weighted by atomic mass is 9.87. The average Bonchev–Trinajstić information content (AvgIpc) is 2.44.